The van der Waals surface area contributed by atoms with Crippen LogP contribution in [0.1, 0.15) is 34.1 Å². The van der Waals surface area contributed by atoms with Crippen LogP contribution in [0.4, 0.5) is 4.79 Å². The topological polar surface area (TPSA) is 62.1 Å². The smallest absolute Gasteiger partial charge is 0.407 e. The van der Waals surface area contributed by atoms with Gasteiger partial charge in [-0.25, -0.2) is 4.79 Å². The van der Waals surface area contributed by atoms with Crippen LogP contribution in [0.2, 0.25) is 0 Å². The van der Waals surface area contributed by atoms with Gasteiger partial charge in [-0.2, -0.15) is 5.26 Å². The zero-order valence-corrected chi connectivity index (χ0v) is 9.47. The summed E-state index contributed by atoms with van der Waals surface area (Å²) in [5.41, 5.74) is -0.892. The van der Waals surface area contributed by atoms with Crippen molar-refractivity contribution in [1.29, 1.82) is 5.26 Å². The van der Waals surface area contributed by atoms with Gasteiger partial charge in [0.25, 0.3) is 0 Å². The van der Waals surface area contributed by atoms with Gasteiger partial charge in [-0.05, 0) is 34.1 Å². The number of nitrogens with zero attached hydrogens (tertiary/aromatic N) is 1. The molecule has 0 bridgehead atoms. The lowest BCUT2D eigenvalue weighted by Crippen LogP contribution is -2.45. The Labute approximate surface area is 85.2 Å². The molecule has 80 valence electrons. The summed E-state index contributed by atoms with van der Waals surface area (Å²) in [6.45, 7) is 7.41. The van der Waals surface area contributed by atoms with E-state index in [0.717, 1.165) is 0 Å². The lowest BCUT2D eigenvalue weighted by Gasteiger charge is -2.30. The molecule has 0 aromatic heterocycles. The van der Waals surface area contributed by atoms with Gasteiger partial charge in [0.2, 0.25) is 0 Å². The van der Waals surface area contributed by atoms with Gasteiger partial charge in [-0.1, -0.05) is 0 Å². The number of ether oxygens (including phenoxy) is 1. The van der Waals surface area contributed by atoms with Gasteiger partial charge in [0.1, 0.15) is 0 Å². The van der Waals surface area contributed by atoms with Crippen molar-refractivity contribution in [3.05, 3.63) is 0 Å². The quantitative estimate of drug-likeness (QED) is 0.755. The molecular weight excluding hydrogens is 180 g/mol. The molecule has 4 heteroatoms. The van der Waals surface area contributed by atoms with E-state index in [1.165, 1.54) is 7.11 Å². The summed E-state index contributed by atoms with van der Waals surface area (Å²) in [5, 5.41) is 11.5. The Morgan fingerprint density at radius 1 is 1.43 bits per heavy atom. The number of carbonyl (C=O) groups is 1. The molecule has 0 unspecified atom stereocenters. The van der Waals surface area contributed by atoms with E-state index in [1.54, 1.807) is 0 Å². The van der Waals surface area contributed by atoms with E-state index in [4.69, 9.17) is 5.26 Å². The molecule has 0 aliphatic carbocycles. The fraction of sp³-hybridized carbons (Fsp3) is 0.800. The van der Waals surface area contributed by atoms with Gasteiger partial charge in [0.05, 0.1) is 18.6 Å². The maximum atomic E-state index is 11.0. The monoisotopic (exact) mass is 198 g/mol. The third-order valence-electron chi connectivity index (χ3n) is 1.81. The Hall–Kier alpha value is -1.24. The summed E-state index contributed by atoms with van der Waals surface area (Å²) in [6, 6.07) is 2.20. The highest BCUT2D eigenvalue weighted by Crippen LogP contribution is 2.26. The van der Waals surface area contributed by atoms with E-state index in [2.05, 4.69) is 16.1 Å². The molecule has 0 aromatic rings. The zero-order valence-electron chi connectivity index (χ0n) is 9.47. The van der Waals surface area contributed by atoms with Crippen molar-refractivity contribution in [3.63, 3.8) is 0 Å². The van der Waals surface area contributed by atoms with Crippen LogP contribution in [0.15, 0.2) is 0 Å². The predicted octanol–water partition coefficient (Wildman–Crippen LogP) is 2.06. The van der Waals surface area contributed by atoms with Crippen LogP contribution < -0.4 is 5.32 Å². The number of amides is 1. The molecule has 0 atom stereocenters. The van der Waals surface area contributed by atoms with Gasteiger partial charge < -0.3 is 10.1 Å². The molecular formula is C10H18N2O2. The highest BCUT2D eigenvalue weighted by Gasteiger charge is 2.30. The Bertz CT molecular complexity index is 251. The van der Waals surface area contributed by atoms with Crippen LogP contribution in [-0.4, -0.2) is 18.7 Å². The molecule has 0 heterocycles. The third kappa shape index (κ3) is 4.70. The van der Waals surface area contributed by atoms with Crippen LogP contribution in [0.3, 0.4) is 0 Å². The first kappa shape index (κ1) is 12.8. The second-order valence-corrected chi connectivity index (χ2v) is 4.67. The van der Waals surface area contributed by atoms with Crippen molar-refractivity contribution >= 4 is 6.09 Å². The maximum Gasteiger partial charge on any atom is 0.407 e. The Balaban J connectivity index is 4.36. The molecule has 1 amide bonds. The van der Waals surface area contributed by atoms with E-state index in [1.807, 2.05) is 27.7 Å². The number of rotatable bonds is 3. The third-order valence-corrected chi connectivity index (χ3v) is 1.81. The SMILES string of the molecule is COC(=O)NC(C)(C)CC(C)(C)C#N. The Kier molecular flexibility index (Phi) is 3.93. The summed E-state index contributed by atoms with van der Waals surface area (Å²) in [6.07, 6.45) is 0.106. The van der Waals surface area contributed by atoms with Crippen LogP contribution in [0.25, 0.3) is 0 Å². The Morgan fingerprint density at radius 3 is 2.29 bits per heavy atom. The first-order valence-electron chi connectivity index (χ1n) is 4.50. The van der Waals surface area contributed by atoms with Crippen molar-refractivity contribution in [2.24, 2.45) is 5.41 Å². The number of hydrogen-bond acceptors (Lipinski definition) is 3. The van der Waals surface area contributed by atoms with Crippen LogP contribution in [0, 0.1) is 16.7 Å². The normalized spacial score (nSPS) is 11.7. The fourth-order valence-corrected chi connectivity index (χ4v) is 1.52. The molecule has 0 aromatic carbocycles. The van der Waals surface area contributed by atoms with Gasteiger partial charge in [-0.3, -0.25) is 0 Å². The minimum absolute atomic E-state index is 0.438. The standard InChI is InChI=1S/C10H18N2O2/c1-9(2,7-11)6-10(3,4)12-8(13)14-5/h6H2,1-5H3,(H,12,13). The molecule has 0 spiro atoms. The lowest BCUT2D eigenvalue weighted by atomic mass is 9.81. The van der Waals surface area contributed by atoms with Crippen LogP contribution in [0.5, 0.6) is 0 Å². The number of carbonyl (C=O) groups excluding carboxylic acids is 1. The molecule has 0 saturated heterocycles. The van der Waals surface area contributed by atoms with Crippen molar-refractivity contribution in [3.8, 4) is 6.07 Å². The summed E-state index contributed by atoms with van der Waals surface area (Å²) >= 11 is 0. The molecule has 0 saturated carbocycles. The summed E-state index contributed by atoms with van der Waals surface area (Å²) in [4.78, 5) is 11.0. The minimum atomic E-state index is -0.469. The van der Waals surface area contributed by atoms with Gasteiger partial charge in [0.15, 0.2) is 0 Å². The first-order valence-corrected chi connectivity index (χ1v) is 4.50. The van der Waals surface area contributed by atoms with E-state index < -0.39 is 17.0 Å². The highest BCUT2D eigenvalue weighted by molar-refractivity contribution is 5.67. The minimum Gasteiger partial charge on any atom is -0.453 e. The largest absolute Gasteiger partial charge is 0.453 e. The van der Waals surface area contributed by atoms with E-state index in [9.17, 15) is 4.79 Å². The molecule has 0 radical (unpaired) electrons. The second-order valence-electron chi connectivity index (χ2n) is 4.67. The predicted molar refractivity (Wildman–Crippen MR) is 53.6 cm³/mol. The summed E-state index contributed by atoms with van der Waals surface area (Å²) in [7, 11) is 1.32. The zero-order chi connectivity index (χ0) is 11.4. The second kappa shape index (κ2) is 4.32. The fourth-order valence-electron chi connectivity index (χ4n) is 1.52. The van der Waals surface area contributed by atoms with E-state index in [0.29, 0.717) is 6.42 Å². The molecule has 1 N–H and O–H groups in total. The van der Waals surface area contributed by atoms with Gasteiger partial charge in [-0.15, -0.1) is 0 Å². The van der Waals surface area contributed by atoms with Gasteiger partial charge >= 0.3 is 6.09 Å². The Morgan fingerprint density at radius 2 is 1.93 bits per heavy atom. The molecule has 0 aliphatic rings. The lowest BCUT2D eigenvalue weighted by molar-refractivity contribution is 0.153. The number of alkyl carbamates (subject to hydrolysis) is 1. The van der Waals surface area contributed by atoms with Crippen molar-refractivity contribution in [2.45, 2.75) is 39.7 Å². The first-order chi connectivity index (χ1) is 6.22. The number of hydrogen-bond donors (Lipinski definition) is 1. The molecule has 0 aliphatic heterocycles. The number of nitriles is 1. The van der Waals surface area contributed by atoms with Crippen molar-refractivity contribution in [2.75, 3.05) is 7.11 Å². The van der Waals surface area contributed by atoms with Gasteiger partial charge in [0, 0.05) is 5.54 Å². The van der Waals surface area contributed by atoms with Crippen molar-refractivity contribution in [1.82, 2.24) is 5.32 Å². The molecule has 0 fully saturated rings. The summed E-state index contributed by atoms with van der Waals surface area (Å²) in [5.74, 6) is 0. The summed E-state index contributed by atoms with van der Waals surface area (Å²) < 4.78 is 4.50. The van der Waals surface area contributed by atoms with Crippen molar-refractivity contribution < 1.29 is 9.53 Å². The van der Waals surface area contributed by atoms with Crippen LogP contribution in [-0.2, 0) is 4.74 Å². The highest BCUT2D eigenvalue weighted by atomic mass is 16.5. The van der Waals surface area contributed by atoms with Crippen LogP contribution >= 0.6 is 0 Å². The average molecular weight is 198 g/mol. The average Bonchev–Trinajstić information content (AvgIpc) is 2.01. The van der Waals surface area contributed by atoms with E-state index >= 15 is 0 Å². The van der Waals surface area contributed by atoms with E-state index in [-0.39, 0.29) is 0 Å². The molecule has 14 heavy (non-hydrogen) atoms. The molecule has 0 rings (SSSR count). The molecule has 4 nitrogen and oxygen atoms in total. The number of methoxy groups -OCH3 is 1. The number of nitrogens with one attached hydrogen (secondary N) is 1. The maximum absolute atomic E-state index is 11.0.